The molecule has 0 saturated carbocycles. The topological polar surface area (TPSA) is 12.9 Å². The number of rotatable bonds is 4. The fourth-order valence-electron chi connectivity index (χ4n) is 4.23. The Morgan fingerprint density at radius 1 is 0.840 bits per heavy atom. The van der Waals surface area contributed by atoms with E-state index in [1.165, 1.54) is 11.1 Å². The van der Waals surface area contributed by atoms with Gasteiger partial charge in [0.15, 0.2) is 0 Å². The second kappa shape index (κ2) is 8.02. The Kier molecular flexibility index (Phi) is 6.24. The Balaban J connectivity index is 2.63. The molecule has 1 nitrogen and oxygen atoms in total. The third kappa shape index (κ3) is 3.88. The highest BCUT2D eigenvalue weighted by Gasteiger charge is 2.41. The average Bonchev–Trinajstić information content (AvgIpc) is 2.55. The number of nitrogens with zero attached hydrogens (tertiary/aromatic N) is 1. The van der Waals surface area contributed by atoms with Crippen molar-refractivity contribution in [1.29, 1.82) is 0 Å². The van der Waals surface area contributed by atoms with Gasteiger partial charge in [0, 0.05) is 17.3 Å². The summed E-state index contributed by atoms with van der Waals surface area (Å²) in [6.07, 6.45) is 1.86. The van der Waals surface area contributed by atoms with E-state index >= 15 is 0 Å². The molecular formula is C23H31NSi. The summed E-state index contributed by atoms with van der Waals surface area (Å²) in [7, 11) is -1.73. The van der Waals surface area contributed by atoms with Crippen LogP contribution in [0.4, 0.5) is 0 Å². The van der Waals surface area contributed by atoms with Gasteiger partial charge in [0.25, 0.3) is 0 Å². The lowest BCUT2D eigenvalue weighted by molar-refractivity contribution is 0.838. The van der Waals surface area contributed by atoms with E-state index < -0.39 is 8.07 Å². The molecule has 25 heavy (non-hydrogen) atoms. The summed E-state index contributed by atoms with van der Waals surface area (Å²) in [5, 5.41) is 0. The molecule has 0 amide bonds. The number of pyridine rings is 1. The van der Waals surface area contributed by atoms with Gasteiger partial charge in [-0.25, -0.2) is 0 Å². The normalized spacial score (nSPS) is 11.8. The van der Waals surface area contributed by atoms with Crippen molar-refractivity contribution in [3.63, 3.8) is 0 Å². The third-order valence-electron chi connectivity index (χ3n) is 5.47. The monoisotopic (exact) mass is 349 g/mol. The summed E-state index contributed by atoms with van der Waals surface area (Å²) in [5.41, 5.74) is 10.3. The van der Waals surface area contributed by atoms with Crippen LogP contribution in [0.5, 0.6) is 0 Å². The van der Waals surface area contributed by atoms with Crippen LogP contribution in [0.25, 0.3) is 11.3 Å². The molecule has 1 aromatic carbocycles. The number of aryl methyl sites for hydroxylation is 1. The molecule has 132 valence electrons. The van der Waals surface area contributed by atoms with Gasteiger partial charge in [-0.15, -0.1) is 5.54 Å². The predicted octanol–water partition coefficient (Wildman–Crippen LogP) is 6.63. The van der Waals surface area contributed by atoms with E-state index in [4.69, 9.17) is 0 Å². The summed E-state index contributed by atoms with van der Waals surface area (Å²) < 4.78 is 0. The first-order valence-electron chi connectivity index (χ1n) is 9.34. The number of aromatic nitrogens is 1. The molecule has 0 spiro atoms. The fourth-order valence-corrected chi connectivity index (χ4v) is 9.45. The van der Waals surface area contributed by atoms with Crippen molar-refractivity contribution in [2.24, 2.45) is 0 Å². The van der Waals surface area contributed by atoms with Crippen LogP contribution >= 0.6 is 0 Å². The van der Waals surface area contributed by atoms with Crippen LogP contribution in [0.1, 0.15) is 52.7 Å². The molecule has 0 aliphatic heterocycles. The third-order valence-corrected chi connectivity index (χ3v) is 11.8. The number of hydrogen-bond donors (Lipinski definition) is 0. The van der Waals surface area contributed by atoms with E-state index in [2.05, 4.69) is 89.2 Å². The Bertz CT molecular complexity index is 742. The largest absolute Gasteiger partial charge is 0.256 e. The minimum Gasteiger partial charge on any atom is -0.256 e. The summed E-state index contributed by atoms with van der Waals surface area (Å²) >= 11 is 0. The standard InChI is InChI=1S/C23H31NSi/c1-17(2)25(18(3)4,19(5)6)16-14-21-12-10-11-20(7)23(21)22-13-8-9-15-24-22/h8-13,15,17-19H,1-7H3. The van der Waals surface area contributed by atoms with Crippen molar-refractivity contribution < 1.29 is 0 Å². The molecule has 0 aliphatic rings. The van der Waals surface area contributed by atoms with Crippen molar-refractivity contribution in [2.75, 3.05) is 0 Å². The maximum atomic E-state index is 4.56. The van der Waals surface area contributed by atoms with Gasteiger partial charge in [-0.2, -0.15) is 0 Å². The maximum absolute atomic E-state index is 4.56. The van der Waals surface area contributed by atoms with E-state index in [9.17, 15) is 0 Å². The van der Waals surface area contributed by atoms with E-state index in [1.54, 1.807) is 0 Å². The van der Waals surface area contributed by atoms with Crippen LogP contribution in [0, 0.1) is 18.4 Å². The van der Waals surface area contributed by atoms with Crippen LogP contribution in [0.3, 0.4) is 0 Å². The maximum Gasteiger partial charge on any atom is 0.146 e. The molecule has 0 N–H and O–H groups in total. The minimum atomic E-state index is -1.73. The van der Waals surface area contributed by atoms with Crippen LogP contribution < -0.4 is 0 Å². The molecule has 2 heteroatoms. The van der Waals surface area contributed by atoms with Crippen molar-refractivity contribution in [1.82, 2.24) is 4.98 Å². The van der Waals surface area contributed by atoms with E-state index in [0.717, 1.165) is 11.3 Å². The molecule has 2 rings (SSSR count). The number of hydrogen-bond acceptors (Lipinski definition) is 1. The van der Waals surface area contributed by atoms with E-state index in [1.807, 2.05) is 18.3 Å². The molecule has 2 aromatic rings. The quantitative estimate of drug-likeness (QED) is 0.446. The van der Waals surface area contributed by atoms with Crippen LogP contribution in [0.15, 0.2) is 42.6 Å². The van der Waals surface area contributed by atoms with Gasteiger partial charge in [0.2, 0.25) is 0 Å². The average molecular weight is 350 g/mol. The highest BCUT2D eigenvalue weighted by molar-refractivity contribution is 6.90. The Morgan fingerprint density at radius 3 is 2.00 bits per heavy atom. The zero-order valence-corrected chi connectivity index (χ0v) is 17.7. The lowest BCUT2D eigenvalue weighted by Gasteiger charge is -2.38. The van der Waals surface area contributed by atoms with Gasteiger partial charge in [-0.3, -0.25) is 4.98 Å². The molecule has 0 unspecified atom stereocenters. The zero-order valence-electron chi connectivity index (χ0n) is 16.7. The van der Waals surface area contributed by atoms with Gasteiger partial charge in [0.1, 0.15) is 8.07 Å². The highest BCUT2D eigenvalue weighted by atomic mass is 28.3. The van der Waals surface area contributed by atoms with Gasteiger partial charge >= 0.3 is 0 Å². The molecular weight excluding hydrogens is 318 g/mol. The lowest BCUT2D eigenvalue weighted by atomic mass is 9.99. The van der Waals surface area contributed by atoms with Crippen molar-refractivity contribution in [2.45, 2.75) is 65.1 Å². The van der Waals surface area contributed by atoms with Crippen LogP contribution in [-0.2, 0) is 0 Å². The van der Waals surface area contributed by atoms with Gasteiger partial charge in [-0.05, 0) is 47.3 Å². The van der Waals surface area contributed by atoms with Crippen LogP contribution in [0.2, 0.25) is 16.6 Å². The molecule has 0 aliphatic carbocycles. The van der Waals surface area contributed by atoms with E-state index in [0.29, 0.717) is 16.6 Å². The van der Waals surface area contributed by atoms with Gasteiger partial charge in [-0.1, -0.05) is 65.7 Å². The summed E-state index contributed by atoms with van der Waals surface area (Å²) in [4.78, 5) is 4.56. The smallest absolute Gasteiger partial charge is 0.146 e. The Morgan fingerprint density at radius 2 is 1.48 bits per heavy atom. The first-order valence-corrected chi connectivity index (χ1v) is 11.6. The van der Waals surface area contributed by atoms with Gasteiger partial charge in [0.05, 0.1) is 5.69 Å². The Labute approximate surface area is 154 Å². The highest BCUT2D eigenvalue weighted by Crippen LogP contribution is 2.41. The first-order chi connectivity index (χ1) is 11.8. The van der Waals surface area contributed by atoms with Crippen molar-refractivity contribution in [3.05, 3.63) is 53.7 Å². The fraction of sp³-hybridized carbons (Fsp3) is 0.435. The second-order valence-electron chi connectivity index (χ2n) is 7.86. The SMILES string of the molecule is Cc1cccc(C#C[Si](C(C)C)(C(C)C)C(C)C)c1-c1ccccn1. The predicted molar refractivity (Wildman–Crippen MR) is 112 cm³/mol. The van der Waals surface area contributed by atoms with E-state index in [-0.39, 0.29) is 0 Å². The summed E-state index contributed by atoms with van der Waals surface area (Å²) in [6.45, 7) is 16.3. The molecule has 1 heterocycles. The molecule has 0 radical (unpaired) electrons. The van der Waals surface area contributed by atoms with Crippen molar-refractivity contribution >= 4 is 8.07 Å². The molecule has 1 aromatic heterocycles. The molecule has 0 fully saturated rings. The zero-order chi connectivity index (χ0) is 18.6. The molecule has 0 saturated heterocycles. The van der Waals surface area contributed by atoms with Crippen LogP contribution in [-0.4, -0.2) is 13.1 Å². The molecule has 0 bridgehead atoms. The molecule has 0 atom stereocenters. The van der Waals surface area contributed by atoms with Crippen molar-refractivity contribution in [3.8, 4) is 22.7 Å². The number of benzene rings is 1. The summed E-state index contributed by atoms with van der Waals surface area (Å²) in [6, 6.07) is 12.5. The summed E-state index contributed by atoms with van der Waals surface area (Å²) in [5.74, 6) is 3.61. The first kappa shape index (κ1) is 19.5. The Hall–Kier alpha value is -1.85. The lowest BCUT2D eigenvalue weighted by Crippen LogP contribution is -2.43. The minimum absolute atomic E-state index is 0.642. The second-order valence-corrected chi connectivity index (χ2v) is 13.4. The van der Waals surface area contributed by atoms with Gasteiger partial charge < -0.3 is 0 Å².